The molecule has 0 saturated carbocycles. The standard InChI is InChI=1S/C31H58N2O6S/c1-5-7-9-10-11-12-13-14-15-16-17-18-20-22-29(35)39-23-24-40-25-28(32-26(3)34)30(36)33-27(31(37)38-4)21-19-8-6-2/h27-28H,5-25H2,1-4H3,(H,32,34)(H,33,36)/t27-,28-/m0/s1. The van der Waals surface area contributed by atoms with Crippen LogP contribution < -0.4 is 10.6 Å². The zero-order chi connectivity index (χ0) is 29.8. The molecule has 0 aliphatic carbocycles. The number of esters is 2. The molecule has 8 nitrogen and oxygen atoms in total. The summed E-state index contributed by atoms with van der Waals surface area (Å²) in [6.45, 7) is 5.93. The molecule has 0 rings (SSSR count). The SMILES string of the molecule is CCCCCCCCCCCCCCCC(=O)OCCSC[C@H](NC(C)=O)C(=O)N[C@@H](CCCCC)C(=O)OC. The second kappa shape index (κ2) is 27.4. The van der Waals surface area contributed by atoms with Crippen molar-refractivity contribution in [2.75, 3.05) is 25.2 Å². The molecule has 0 fully saturated rings. The summed E-state index contributed by atoms with van der Waals surface area (Å²) in [6, 6.07) is -1.53. The summed E-state index contributed by atoms with van der Waals surface area (Å²) in [4.78, 5) is 48.5. The number of hydrogen-bond acceptors (Lipinski definition) is 7. The number of carbonyl (C=O) groups excluding carboxylic acids is 4. The number of methoxy groups -OCH3 is 1. The first-order valence-electron chi connectivity index (χ1n) is 15.7. The molecule has 0 aromatic rings. The van der Waals surface area contributed by atoms with E-state index in [1.807, 2.05) is 0 Å². The van der Waals surface area contributed by atoms with Gasteiger partial charge in [0.15, 0.2) is 0 Å². The average Bonchev–Trinajstić information content (AvgIpc) is 2.93. The lowest BCUT2D eigenvalue weighted by Gasteiger charge is -2.21. The van der Waals surface area contributed by atoms with Crippen LogP contribution in [-0.2, 0) is 28.7 Å². The van der Waals surface area contributed by atoms with Crippen LogP contribution in [0.5, 0.6) is 0 Å². The molecule has 0 heterocycles. The van der Waals surface area contributed by atoms with Crippen molar-refractivity contribution in [2.45, 2.75) is 148 Å². The lowest BCUT2D eigenvalue weighted by atomic mass is 10.0. The fraction of sp³-hybridized carbons (Fsp3) is 0.871. The van der Waals surface area contributed by atoms with Gasteiger partial charge < -0.3 is 20.1 Å². The molecule has 0 aliphatic rings. The predicted molar refractivity (Wildman–Crippen MR) is 164 cm³/mol. The van der Waals surface area contributed by atoms with Gasteiger partial charge in [0.25, 0.3) is 0 Å². The van der Waals surface area contributed by atoms with Crippen molar-refractivity contribution in [2.24, 2.45) is 0 Å². The first kappa shape index (κ1) is 38.2. The van der Waals surface area contributed by atoms with E-state index in [4.69, 9.17) is 9.47 Å². The smallest absolute Gasteiger partial charge is 0.328 e. The minimum atomic E-state index is -0.790. The molecule has 0 spiro atoms. The lowest BCUT2D eigenvalue weighted by Crippen LogP contribution is -2.52. The van der Waals surface area contributed by atoms with Crippen LogP contribution in [0, 0.1) is 0 Å². The normalized spacial score (nSPS) is 12.4. The monoisotopic (exact) mass is 586 g/mol. The van der Waals surface area contributed by atoms with Crippen molar-refractivity contribution in [3.63, 3.8) is 0 Å². The number of carbonyl (C=O) groups is 4. The predicted octanol–water partition coefficient (Wildman–Crippen LogP) is 6.49. The highest BCUT2D eigenvalue weighted by molar-refractivity contribution is 7.99. The van der Waals surface area contributed by atoms with Gasteiger partial charge in [0, 0.05) is 24.9 Å². The summed E-state index contributed by atoms with van der Waals surface area (Å²) in [5, 5.41) is 5.37. The molecular formula is C31H58N2O6S. The number of nitrogens with one attached hydrogen (secondary N) is 2. The molecule has 0 unspecified atom stereocenters. The number of thioether (sulfide) groups is 1. The Kier molecular flexibility index (Phi) is 26.2. The van der Waals surface area contributed by atoms with Crippen LogP contribution in [0.15, 0.2) is 0 Å². The number of hydrogen-bond donors (Lipinski definition) is 2. The first-order valence-corrected chi connectivity index (χ1v) is 16.9. The Bertz CT molecular complexity index is 676. The van der Waals surface area contributed by atoms with Crippen molar-refractivity contribution in [1.29, 1.82) is 0 Å². The van der Waals surface area contributed by atoms with Crippen LogP contribution in [0.2, 0.25) is 0 Å². The molecule has 0 saturated heterocycles. The minimum Gasteiger partial charge on any atom is -0.467 e. The first-order chi connectivity index (χ1) is 19.3. The molecule has 234 valence electrons. The number of ether oxygens (including phenoxy) is 2. The molecule has 0 bridgehead atoms. The van der Waals surface area contributed by atoms with Crippen LogP contribution in [0.4, 0.5) is 0 Å². The highest BCUT2D eigenvalue weighted by Crippen LogP contribution is 2.13. The Balaban J connectivity index is 4.02. The van der Waals surface area contributed by atoms with Gasteiger partial charge >= 0.3 is 11.9 Å². The van der Waals surface area contributed by atoms with Gasteiger partial charge in [-0.3, -0.25) is 14.4 Å². The summed E-state index contributed by atoms with van der Waals surface area (Å²) in [6.07, 6.45) is 20.1. The van der Waals surface area contributed by atoms with Crippen molar-refractivity contribution >= 4 is 35.5 Å². The van der Waals surface area contributed by atoms with Crippen molar-refractivity contribution in [3.05, 3.63) is 0 Å². The summed E-state index contributed by atoms with van der Waals surface area (Å²) in [5.74, 6) is -0.600. The van der Waals surface area contributed by atoms with Crippen LogP contribution >= 0.6 is 11.8 Å². The van der Waals surface area contributed by atoms with E-state index >= 15 is 0 Å². The lowest BCUT2D eigenvalue weighted by molar-refractivity contribution is -0.145. The van der Waals surface area contributed by atoms with Crippen LogP contribution in [0.25, 0.3) is 0 Å². The van der Waals surface area contributed by atoms with Gasteiger partial charge in [0.2, 0.25) is 11.8 Å². The van der Waals surface area contributed by atoms with Gasteiger partial charge in [-0.25, -0.2) is 4.79 Å². The third-order valence-electron chi connectivity index (χ3n) is 6.85. The quantitative estimate of drug-likeness (QED) is 0.0836. The maximum Gasteiger partial charge on any atom is 0.328 e. The fourth-order valence-electron chi connectivity index (χ4n) is 4.47. The van der Waals surface area contributed by atoms with E-state index in [-0.39, 0.29) is 18.5 Å². The summed E-state index contributed by atoms with van der Waals surface area (Å²) in [7, 11) is 1.29. The second-order valence-corrected chi connectivity index (χ2v) is 11.8. The number of unbranched alkanes of at least 4 members (excludes halogenated alkanes) is 14. The average molecular weight is 587 g/mol. The molecular weight excluding hydrogens is 528 g/mol. The Morgan fingerprint density at radius 2 is 1.23 bits per heavy atom. The highest BCUT2D eigenvalue weighted by Gasteiger charge is 2.26. The number of amides is 2. The van der Waals surface area contributed by atoms with Gasteiger partial charge in [0.1, 0.15) is 18.7 Å². The summed E-state index contributed by atoms with van der Waals surface area (Å²) >= 11 is 1.41. The molecule has 40 heavy (non-hydrogen) atoms. The van der Waals surface area contributed by atoms with E-state index in [9.17, 15) is 19.2 Å². The molecule has 0 aromatic heterocycles. The second-order valence-electron chi connectivity index (χ2n) is 10.6. The largest absolute Gasteiger partial charge is 0.467 e. The molecule has 2 atom stereocenters. The Labute approximate surface area is 248 Å². The zero-order valence-electron chi connectivity index (χ0n) is 25.9. The maximum atomic E-state index is 12.8. The fourth-order valence-corrected chi connectivity index (χ4v) is 5.30. The molecule has 2 N–H and O–H groups in total. The van der Waals surface area contributed by atoms with Gasteiger partial charge in [-0.2, -0.15) is 11.8 Å². The van der Waals surface area contributed by atoms with E-state index < -0.39 is 24.0 Å². The molecule has 0 aliphatic heterocycles. The molecule has 9 heteroatoms. The van der Waals surface area contributed by atoms with Crippen molar-refractivity contribution < 1.29 is 28.7 Å². The molecule has 2 amide bonds. The Morgan fingerprint density at radius 3 is 1.75 bits per heavy atom. The van der Waals surface area contributed by atoms with E-state index in [1.54, 1.807) is 0 Å². The summed E-state index contributed by atoms with van der Waals surface area (Å²) < 4.78 is 10.2. The van der Waals surface area contributed by atoms with Gasteiger partial charge in [-0.1, -0.05) is 110 Å². The van der Waals surface area contributed by atoms with Crippen molar-refractivity contribution in [3.8, 4) is 0 Å². The third-order valence-corrected chi connectivity index (χ3v) is 7.88. The van der Waals surface area contributed by atoms with Gasteiger partial charge in [0.05, 0.1) is 7.11 Å². The van der Waals surface area contributed by atoms with Gasteiger partial charge in [-0.05, 0) is 12.8 Å². The Morgan fingerprint density at radius 1 is 0.700 bits per heavy atom. The minimum absolute atomic E-state index is 0.187. The van der Waals surface area contributed by atoms with Crippen LogP contribution in [0.3, 0.4) is 0 Å². The third kappa shape index (κ3) is 23.0. The van der Waals surface area contributed by atoms with Crippen LogP contribution in [-0.4, -0.2) is 61.1 Å². The zero-order valence-corrected chi connectivity index (χ0v) is 26.7. The number of rotatable bonds is 27. The van der Waals surface area contributed by atoms with E-state index in [0.717, 1.165) is 32.1 Å². The Hall–Kier alpha value is -1.77. The van der Waals surface area contributed by atoms with Gasteiger partial charge in [-0.15, -0.1) is 0 Å². The van der Waals surface area contributed by atoms with Crippen molar-refractivity contribution in [1.82, 2.24) is 10.6 Å². The van der Waals surface area contributed by atoms with Crippen LogP contribution in [0.1, 0.15) is 136 Å². The topological polar surface area (TPSA) is 111 Å². The molecule has 0 aromatic carbocycles. The maximum absolute atomic E-state index is 12.8. The van der Waals surface area contributed by atoms with E-state index in [2.05, 4.69) is 24.5 Å². The summed E-state index contributed by atoms with van der Waals surface area (Å²) in [5.41, 5.74) is 0. The van der Waals surface area contributed by atoms with E-state index in [1.165, 1.54) is 96.4 Å². The van der Waals surface area contributed by atoms with E-state index in [0.29, 0.717) is 24.3 Å². The molecule has 0 radical (unpaired) electrons. The highest BCUT2D eigenvalue weighted by atomic mass is 32.2.